The van der Waals surface area contributed by atoms with Crippen LogP contribution in [0.5, 0.6) is 0 Å². The molecule has 0 bridgehead atoms. The van der Waals surface area contributed by atoms with E-state index in [0.717, 1.165) is 26.2 Å². The number of aromatic amines is 1. The second-order valence-electron chi connectivity index (χ2n) is 7.25. The third-order valence-corrected chi connectivity index (χ3v) is 5.17. The summed E-state index contributed by atoms with van der Waals surface area (Å²) in [6.45, 7) is 8.29. The van der Waals surface area contributed by atoms with Crippen LogP contribution in [0.3, 0.4) is 0 Å². The molecule has 0 spiro atoms. The molecule has 152 valence electrons. The van der Waals surface area contributed by atoms with Crippen molar-refractivity contribution in [3.8, 4) is 0 Å². The molecule has 1 fully saturated rings. The van der Waals surface area contributed by atoms with Crippen molar-refractivity contribution in [1.29, 1.82) is 0 Å². The molecule has 3 heterocycles. The number of nitrogens with zero attached hydrogens (tertiary/aromatic N) is 4. The van der Waals surface area contributed by atoms with Gasteiger partial charge in [-0.1, -0.05) is 12.1 Å². The van der Waals surface area contributed by atoms with Crippen LogP contribution in [0.2, 0.25) is 0 Å². The van der Waals surface area contributed by atoms with Crippen molar-refractivity contribution in [3.63, 3.8) is 0 Å². The lowest BCUT2D eigenvalue weighted by Gasteiger charge is -2.36. The summed E-state index contributed by atoms with van der Waals surface area (Å²) in [4.78, 5) is 33.7. The number of rotatable bonds is 5. The van der Waals surface area contributed by atoms with Gasteiger partial charge in [0.25, 0.3) is 5.56 Å². The SMILES string of the molecule is CCOC(=O)c1c[nH]n2c(=O)cc(CN3CCN(c4cccc(C)c4)CC3)nc12. The van der Waals surface area contributed by atoms with Crippen LogP contribution in [-0.4, -0.2) is 58.3 Å². The smallest absolute Gasteiger partial charge is 0.343 e. The first-order valence-corrected chi connectivity index (χ1v) is 9.86. The Bertz CT molecular complexity index is 1080. The molecule has 2 aromatic heterocycles. The molecule has 8 heteroatoms. The van der Waals surface area contributed by atoms with Gasteiger partial charge in [0, 0.05) is 50.7 Å². The highest BCUT2D eigenvalue weighted by Crippen LogP contribution is 2.18. The molecule has 0 amide bonds. The van der Waals surface area contributed by atoms with Gasteiger partial charge in [0.2, 0.25) is 0 Å². The summed E-state index contributed by atoms with van der Waals surface area (Å²) in [6.07, 6.45) is 1.46. The number of carbonyl (C=O) groups is 1. The Labute approximate surface area is 168 Å². The lowest BCUT2D eigenvalue weighted by Crippen LogP contribution is -2.46. The first-order valence-electron chi connectivity index (χ1n) is 9.86. The molecule has 0 aliphatic carbocycles. The quantitative estimate of drug-likeness (QED) is 0.664. The van der Waals surface area contributed by atoms with Crippen molar-refractivity contribution in [1.82, 2.24) is 19.5 Å². The van der Waals surface area contributed by atoms with Gasteiger partial charge < -0.3 is 9.64 Å². The molecule has 0 saturated carbocycles. The van der Waals surface area contributed by atoms with Gasteiger partial charge in [0.15, 0.2) is 5.65 Å². The average molecular weight is 395 g/mol. The number of fused-ring (bicyclic) bond motifs is 1. The van der Waals surface area contributed by atoms with Crippen LogP contribution < -0.4 is 10.5 Å². The fourth-order valence-corrected chi connectivity index (χ4v) is 3.69. The van der Waals surface area contributed by atoms with Gasteiger partial charge in [0.1, 0.15) is 5.56 Å². The van der Waals surface area contributed by atoms with Gasteiger partial charge in [-0.25, -0.2) is 14.3 Å². The van der Waals surface area contributed by atoms with E-state index in [1.165, 1.54) is 28.0 Å². The predicted octanol–water partition coefficient (Wildman–Crippen LogP) is 1.83. The number of hydrogen-bond donors (Lipinski definition) is 1. The minimum Gasteiger partial charge on any atom is -0.462 e. The van der Waals surface area contributed by atoms with Gasteiger partial charge in [-0.2, -0.15) is 0 Å². The number of H-pyrrole nitrogens is 1. The van der Waals surface area contributed by atoms with Gasteiger partial charge in [0.05, 0.1) is 12.3 Å². The molecule has 1 N–H and O–H groups in total. The van der Waals surface area contributed by atoms with Gasteiger partial charge in [-0.05, 0) is 31.5 Å². The Morgan fingerprint density at radius 3 is 2.72 bits per heavy atom. The van der Waals surface area contributed by atoms with E-state index < -0.39 is 5.97 Å². The Hall–Kier alpha value is -3.13. The van der Waals surface area contributed by atoms with Gasteiger partial charge in [-0.3, -0.25) is 14.8 Å². The summed E-state index contributed by atoms with van der Waals surface area (Å²) in [6, 6.07) is 10.1. The maximum absolute atomic E-state index is 12.4. The van der Waals surface area contributed by atoms with Crippen molar-refractivity contribution < 1.29 is 9.53 Å². The van der Waals surface area contributed by atoms with Crippen LogP contribution in [0.4, 0.5) is 5.69 Å². The topological polar surface area (TPSA) is 82.9 Å². The molecule has 0 atom stereocenters. The van der Waals surface area contributed by atoms with Crippen molar-refractivity contribution in [2.45, 2.75) is 20.4 Å². The number of ether oxygens (including phenoxy) is 1. The largest absolute Gasteiger partial charge is 0.462 e. The van der Waals surface area contributed by atoms with Gasteiger partial charge in [-0.15, -0.1) is 0 Å². The van der Waals surface area contributed by atoms with E-state index in [2.05, 4.69) is 51.1 Å². The van der Waals surface area contributed by atoms with Crippen LogP contribution in [0.25, 0.3) is 5.65 Å². The molecule has 0 unspecified atom stereocenters. The summed E-state index contributed by atoms with van der Waals surface area (Å²) >= 11 is 0. The number of carbonyl (C=O) groups excluding carboxylic acids is 1. The number of piperazine rings is 1. The fraction of sp³-hybridized carbons (Fsp3) is 0.381. The summed E-state index contributed by atoms with van der Waals surface area (Å²) in [5.41, 5.74) is 3.50. The summed E-state index contributed by atoms with van der Waals surface area (Å²) in [5, 5.41) is 2.78. The molecule has 0 radical (unpaired) electrons. The molecular weight excluding hydrogens is 370 g/mol. The molecule has 1 aliphatic rings. The molecule has 1 aromatic carbocycles. The number of anilines is 1. The van der Waals surface area contributed by atoms with E-state index in [4.69, 9.17) is 4.74 Å². The maximum Gasteiger partial charge on any atom is 0.343 e. The molecule has 3 aromatic rings. The van der Waals surface area contributed by atoms with E-state index in [1.54, 1.807) is 6.92 Å². The van der Waals surface area contributed by atoms with E-state index in [1.807, 2.05) is 0 Å². The number of nitrogens with one attached hydrogen (secondary N) is 1. The van der Waals surface area contributed by atoms with Crippen LogP contribution >= 0.6 is 0 Å². The third-order valence-electron chi connectivity index (χ3n) is 5.17. The standard InChI is InChI=1S/C21H25N5O3/c1-3-29-21(28)18-13-22-26-19(27)12-16(23-20(18)26)14-24-7-9-25(10-8-24)17-6-4-5-15(2)11-17/h4-6,11-13,22H,3,7-10,14H2,1-2H3. The van der Waals surface area contributed by atoms with Crippen molar-refractivity contribution >= 4 is 17.3 Å². The molecule has 1 saturated heterocycles. The van der Waals surface area contributed by atoms with E-state index in [9.17, 15) is 9.59 Å². The van der Waals surface area contributed by atoms with E-state index in [0.29, 0.717) is 17.9 Å². The highest BCUT2D eigenvalue weighted by atomic mass is 16.5. The Kier molecular flexibility index (Phi) is 5.35. The normalized spacial score (nSPS) is 15.0. The number of aromatic nitrogens is 3. The number of benzene rings is 1. The van der Waals surface area contributed by atoms with Gasteiger partial charge >= 0.3 is 5.97 Å². The zero-order valence-electron chi connectivity index (χ0n) is 16.7. The summed E-state index contributed by atoms with van der Waals surface area (Å²) < 4.78 is 6.33. The Morgan fingerprint density at radius 2 is 2.00 bits per heavy atom. The minimum absolute atomic E-state index is 0.237. The number of aryl methyl sites for hydroxylation is 1. The van der Waals surface area contributed by atoms with Crippen molar-refractivity contribution in [3.05, 3.63) is 63.7 Å². The maximum atomic E-state index is 12.4. The number of hydrogen-bond acceptors (Lipinski definition) is 6. The minimum atomic E-state index is -0.484. The average Bonchev–Trinajstić information content (AvgIpc) is 3.13. The van der Waals surface area contributed by atoms with E-state index in [-0.39, 0.29) is 17.7 Å². The highest BCUT2D eigenvalue weighted by Gasteiger charge is 2.20. The predicted molar refractivity (Wildman–Crippen MR) is 110 cm³/mol. The molecular formula is C21H25N5O3. The molecule has 4 rings (SSSR count). The van der Waals surface area contributed by atoms with Crippen molar-refractivity contribution in [2.24, 2.45) is 0 Å². The van der Waals surface area contributed by atoms with E-state index >= 15 is 0 Å². The van der Waals surface area contributed by atoms with Crippen molar-refractivity contribution in [2.75, 3.05) is 37.7 Å². The molecule has 8 nitrogen and oxygen atoms in total. The van der Waals surface area contributed by atoms with Crippen LogP contribution in [0.15, 0.2) is 41.3 Å². The fourth-order valence-electron chi connectivity index (χ4n) is 3.69. The zero-order valence-corrected chi connectivity index (χ0v) is 16.7. The molecule has 1 aliphatic heterocycles. The molecule has 29 heavy (non-hydrogen) atoms. The van der Waals surface area contributed by atoms with Crippen LogP contribution in [0.1, 0.15) is 28.5 Å². The monoisotopic (exact) mass is 395 g/mol. The highest BCUT2D eigenvalue weighted by molar-refractivity contribution is 5.95. The zero-order chi connectivity index (χ0) is 20.4. The lowest BCUT2D eigenvalue weighted by molar-refractivity contribution is 0.0528. The second-order valence-corrected chi connectivity index (χ2v) is 7.25. The summed E-state index contributed by atoms with van der Waals surface area (Å²) in [7, 11) is 0. The second kappa shape index (κ2) is 8.08. The van der Waals surface area contributed by atoms with Crippen LogP contribution in [-0.2, 0) is 11.3 Å². The lowest BCUT2D eigenvalue weighted by atomic mass is 10.2. The first kappa shape index (κ1) is 19.2. The third kappa shape index (κ3) is 4.02. The number of esters is 1. The Balaban J connectivity index is 1.48. The Morgan fingerprint density at radius 1 is 1.21 bits per heavy atom. The first-order chi connectivity index (χ1) is 14.0. The summed E-state index contributed by atoms with van der Waals surface area (Å²) in [5.74, 6) is -0.484. The van der Waals surface area contributed by atoms with Crippen LogP contribution in [0, 0.1) is 6.92 Å².